The molecule has 3 heteroatoms. The van der Waals surface area contributed by atoms with Gasteiger partial charge in [0.1, 0.15) is 0 Å². The van der Waals surface area contributed by atoms with Crippen LogP contribution in [0, 0.1) is 28.6 Å². The highest BCUT2D eigenvalue weighted by molar-refractivity contribution is 5.88. The molecule has 0 amide bonds. The zero-order chi connectivity index (χ0) is 13.3. The molecule has 0 aliphatic heterocycles. The molecule has 3 aliphatic carbocycles. The molecule has 18 heavy (non-hydrogen) atoms. The van der Waals surface area contributed by atoms with E-state index in [4.69, 9.17) is 0 Å². The predicted octanol–water partition coefficient (Wildman–Crippen LogP) is 2.45. The molecule has 0 aromatic heterocycles. The van der Waals surface area contributed by atoms with Crippen LogP contribution in [0.15, 0.2) is 11.6 Å². The standard InChI is InChI=1S/C15H22O3/c1-8-4-5-10-9(13(17)18)6-11-12(16)14(2,3)7-15(8,10)11/h6,8,10-12,16H,4-5,7H2,1-3H3,(H,17,18)/t8-,10+,11-,12-,15+/m1/s1. The van der Waals surface area contributed by atoms with Crippen LogP contribution < -0.4 is 0 Å². The number of aliphatic carboxylic acids is 1. The topological polar surface area (TPSA) is 57.5 Å². The number of aliphatic hydroxyl groups is 1. The molecule has 3 aliphatic rings. The second kappa shape index (κ2) is 3.38. The van der Waals surface area contributed by atoms with Gasteiger partial charge in [0.2, 0.25) is 0 Å². The molecule has 0 bridgehead atoms. The van der Waals surface area contributed by atoms with Crippen molar-refractivity contribution in [1.29, 1.82) is 0 Å². The summed E-state index contributed by atoms with van der Waals surface area (Å²) in [6, 6.07) is 0. The third kappa shape index (κ3) is 1.21. The van der Waals surface area contributed by atoms with E-state index in [0.29, 0.717) is 11.5 Å². The fraction of sp³-hybridized carbons (Fsp3) is 0.800. The number of rotatable bonds is 1. The molecule has 3 nitrogen and oxygen atoms in total. The summed E-state index contributed by atoms with van der Waals surface area (Å²) < 4.78 is 0. The van der Waals surface area contributed by atoms with Gasteiger partial charge in [0.25, 0.3) is 0 Å². The highest BCUT2D eigenvalue weighted by Crippen LogP contribution is 2.70. The third-order valence-corrected chi connectivity index (χ3v) is 5.96. The lowest BCUT2D eigenvalue weighted by molar-refractivity contribution is -0.133. The van der Waals surface area contributed by atoms with E-state index in [1.165, 1.54) is 0 Å². The molecule has 1 spiro atoms. The van der Waals surface area contributed by atoms with Crippen molar-refractivity contribution in [1.82, 2.24) is 0 Å². The van der Waals surface area contributed by atoms with Crippen molar-refractivity contribution in [3.63, 3.8) is 0 Å². The first-order valence-corrected chi connectivity index (χ1v) is 6.94. The van der Waals surface area contributed by atoms with Gasteiger partial charge in [-0.25, -0.2) is 4.79 Å². The summed E-state index contributed by atoms with van der Waals surface area (Å²) in [6.45, 7) is 6.46. The molecule has 5 atom stereocenters. The minimum atomic E-state index is -0.784. The van der Waals surface area contributed by atoms with E-state index in [0.717, 1.165) is 19.3 Å². The molecule has 2 fully saturated rings. The first kappa shape index (κ1) is 12.2. The molecule has 0 aromatic carbocycles. The first-order chi connectivity index (χ1) is 8.30. The Morgan fingerprint density at radius 3 is 2.67 bits per heavy atom. The lowest BCUT2D eigenvalue weighted by atomic mass is 9.67. The van der Waals surface area contributed by atoms with Crippen molar-refractivity contribution < 1.29 is 15.0 Å². The van der Waals surface area contributed by atoms with Crippen molar-refractivity contribution in [3.8, 4) is 0 Å². The Morgan fingerprint density at radius 2 is 2.06 bits per heavy atom. The Balaban J connectivity index is 2.11. The lowest BCUT2D eigenvalue weighted by Gasteiger charge is -2.36. The minimum absolute atomic E-state index is 0.0106. The number of hydrogen-bond donors (Lipinski definition) is 2. The van der Waals surface area contributed by atoms with Crippen LogP contribution in [0.4, 0.5) is 0 Å². The second-order valence-corrected chi connectivity index (χ2v) is 7.21. The first-order valence-electron chi connectivity index (χ1n) is 6.94. The summed E-state index contributed by atoms with van der Waals surface area (Å²) in [5.74, 6) is -0.0718. The number of hydrogen-bond acceptors (Lipinski definition) is 2. The van der Waals surface area contributed by atoms with E-state index < -0.39 is 12.1 Å². The largest absolute Gasteiger partial charge is 0.478 e. The van der Waals surface area contributed by atoms with Gasteiger partial charge in [-0.2, -0.15) is 0 Å². The lowest BCUT2D eigenvalue weighted by Crippen LogP contribution is -2.33. The molecule has 0 unspecified atom stereocenters. The molecule has 3 rings (SSSR count). The quantitative estimate of drug-likeness (QED) is 0.751. The smallest absolute Gasteiger partial charge is 0.331 e. The van der Waals surface area contributed by atoms with Crippen LogP contribution in [-0.2, 0) is 4.79 Å². The Morgan fingerprint density at radius 1 is 1.39 bits per heavy atom. The number of carbonyl (C=O) groups is 1. The molecule has 100 valence electrons. The Labute approximate surface area is 108 Å². The van der Waals surface area contributed by atoms with Crippen LogP contribution in [0.5, 0.6) is 0 Å². The average molecular weight is 250 g/mol. The molecule has 2 saturated carbocycles. The molecule has 0 saturated heterocycles. The van der Waals surface area contributed by atoms with Crippen LogP contribution in [0.1, 0.15) is 40.0 Å². The van der Waals surface area contributed by atoms with Crippen LogP contribution >= 0.6 is 0 Å². The molecule has 0 radical (unpaired) electrons. The summed E-state index contributed by atoms with van der Waals surface area (Å²) in [5, 5.41) is 19.9. The van der Waals surface area contributed by atoms with Gasteiger partial charge in [-0.15, -0.1) is 0 Å². The van der Waals surface area contributed by atoms with E-state index >= 15 is 0 Å². The minimum Gasteiger partial charge on any atom is -0.478 e. The monoisotopic (exact) mass is 250 g/mol. The fourth-order valence-electron chi connectivity index (χ4n) is 5.17. The number of carboxylic acids is 1. The molecule has 0 aromatic rings. The molecule has 2 N–H and O–H groups in total. The third-order valence-electron chi connectivity index (χ3n) is 5.96. The van der Waals surface area contributed by atoms with Crippen LogP contribution in [0.2, 0.25) is 0 Å². The Hall–Kier alpha value is -0.830. The predicted molar refractivity (Wildman–Crippen MR) is 67.9 cm³/mol. The van der Waals surface area contributed by atoms with E-state index in [1.54, 1.807) is 0 Å². The molecular formula is C15H22O3. The summed E-state index contributed by atoms with van der Waals surface area (Å²) in [6.07, 6.45) is 4.48. The average Bonchev–Trinajstić information content (AvgIpc) is 2.79. The van der Waals surface area contributed by atoms with E-state index in [2.05, 4.69) is 20.8 Å². The summed E-state index contributed by atoms with van der Waals surface area (Å²) in [7, 11) is 0. The van der Waals surface area contributed by atoms with Gasteiger partial charge >= 0.3 is 5.97 Å². The fourth-order valence-corrected chi connectivity index (χ4v) is 5.17. The van der Waals surface area contributed by atoms with E-state index in [-0.39, 0.29) is 22.7 Å². The maximum atomic E-state index is 11.4. The molecule has 0 heterocycles. The second-order valence-electron chi connectivity index (χ2n) is 7.21. The van der Waals surface area contributed by atoms with E-state index in [9.17, 15) is 15.0 Å². The van der Waals surface area contributed by atoms with Crippen molar-refractivity contribution in [3.05, 3.63) is 11.6 Å². The van der Waals surface area contributed by atoms with Crippen molar-refractivity contribution in [2.75, 3.05) is 0 Å². The van der Waals surface area contributed by atoms with Gasteiger partial charge in [-0.1, -0.05) is 26.8 Å². The van der Waals surface area contributed by atoms with Gasteiger partial charge in [0.05, 0.1) is 6.10 Å². The van der Waals surface area contributed by atoms with Crippen LogP contribution in [0.25, 0.3) is 0 Å². The maximum absolute atomic E-state index is 11.4. The SMILES string of the molecule is C[C@@H]1CC[C@H]2C(C(=O)O)=C[C@@H]3[C@@H](O)C(C)(C)C[C@@]132. The Bertz CT molecular complexity index is 437. The maximum Gasteiger partial charge on any atom is 0.331 e. The summed E-state index contributed by atoms with van der Waals surface area (Å²) in [5.41, 5.74) is 0.484. The van der Waals surface area contributed by atoms with E-state index in [1.807, 2.05) is 6.08 Å². The summed E-state index contributed by atoms with van der Waals surface area (Å²) in [4.78, 5) is 11.4. The van der Waals surface area contributed by atoms with Crippen molar-refractivity contribution in [2.24, 2.45) is 28.6 Å². The van der Waals surface area contributed by atoms with Crippen molar-refractivity contribution in [2.45, 2.75) is 46.1 Å². The van der Waals surface area contributed by atoms with Gasteiger partial charge < -0.3 is 10.2 Å². The molecular weight excluding hydrogens is 228 g/mol. The number of carboxylic acid groups (broad SMARTS) is 1. The van der Waals surface area contributed by atoms with Gasteiger partial charge in [-0.05, 0) is 41.9 Å². The van der Waals surface area contributed by atoms with Gasteiger partial charge in [0, 0.05) is 11.5 Å². The summed E-state index contributed by atoms with van der Waals surface area (Å²) >= 11 is 0. The van der Waals surface area contributed by atoms with Crippen molar-refractivity contribution >= 4 is 5.97 Å². The number of aliphatic hydroxyl groups excluding tert-OH is 1. The van der Waals surface area contributed by atoms with Gasteiger partial charge in [0.15, 0.2) is 0 Å². The zero-order valence-corrected chi connectivity index (χ0v) is 11.3. The highest BCUT2D eigenvalue weighted by atomic mass is 16.4. The highest BCUT2D eigenvalue weighted by Gasteiger charge is 2.67. The van der Waals surface area contributed by atoms with Crippen LogP contribution in [-0.4, -0.2) is 22.3 Å². The zero-order valence-electron chi connectivity index (χ0n) is 11.3. The normalized spacial score (nSPS) is 48.8. The Kier molecular flexibility index (Phi) is 2.30. The van der Waals surface area contributed by atoms with Crippen LogP contribution in [0.3, 0.4) is 0 Å². The van der Waals surface area contributed by atoms with Gasteiger partial charge in [-0.3, -0.25) is 0 Å².